The van der Waals surface area contributed by atoms with Crippen LogP contribution in [0.2, 0.25) is 0 Å². The zero-order chi connectivity index (χ0) is 21.0. The maximum atomic E-state index is 12.4. The standard InChI is InChI=1S/C20H21ClN6O2/c1-13(21)11-12-27-16-17(26(3)20(29)23-18(16)28)22-19(27)25-24-14(2)9-10-15-7-5-4-6-8-15/h4-11H,12H2,1-3H3,(H,22,25)(H,23,28,29)/b10-9+,13-11+,24-14?. The summed E-state index contributed by atoms with van der Waals surface area (Å²) in [7, 11) is 1.54. The van der Waals surface area contributed by atoms with Crippen molar-refractivity contribution in [3.8, 4) is 0 Å². The molecule has 150 valence electrons. The first-order valence-corrected chi connectivity index (χ1v) is 9.30. The lowest BCUT2D eigenvalue weighted by Gasteiger charge is -2.05. The third-order valence-electron chi connectivity index (χ3n) is 4.21. The van der Waals surface area contributed by atoms with E-state index in [1.165, 1.54) is 4.57 Å². The van der Waals surface area contributed by atoms with Crippen LogP contribution in [0.1, 0.15) is 19.4 Å². The highest BCUT2D eigenvalue weighted by atomic mass is 35.5. The molecule has 0 spiro atoms. The van der Waals surface area contributed by atoms with Gasteiger partial charge in [-0.2, -0.15) is 10.1 Å². The number of benzene rings is 1. The molecule has 2 aromatic heterocycles. The molecule has 2 N–H and O–H groups in total. The van der Waals surface area contributed by atoms with Crippen LogP contribution in [0.3, 0.4) is 0 Å². The number of imidazole rings is 1. The lowest BCUT2D eigenvalue weighted by atomic mass is 10.2. The SMILES string of the molecule is CC(/C=C/c1ccccc1)=NNc1nc2c(c(=O)[nH]c(=O)n2C)n1C/C=C(\C)Cl. The summed E-state index contributed by atoms with van der Waals surface area (Å²) >= 11 is 5.95. The summed E-state index contributed by atoms with van der Waals surface area (Å²) in [5.74, 6) is 0.327. The van der Waals surface area contributed by atoms with E-state index in [9.17, 15) is 9.59 Å². The first-order chi connectivity index (χ1) is 13.9. The number of nitrogens with one attached hydrogen (secondary N) is 2. The van der Waals surface area contributed by atoms with Crippen LogP contribution in [-0.2, 0) is 13.6 Å². The number of aromatic nitrogens is 4. The Hall–Kier alpha value is -3.39. The van der Waals surface area contributed by atoms with Gasteiger partial charge in [0.25, 0.3) is 5.56 Å². The Balaban J connectivity index is 1.98. The highest BCUT2D eigenvalue weighted by Gasteiger charge is 2.16. The van der Waals surface area contributed by atoms with Crippen molar-refractivity contribution >= 4 is 40.5 Å². The maximum absolute atomic E-state index is 12.4. The normalized spacial score (nSPS) is 12.8. The van der Waals surface area contributed by atoms with Gasteiger partial charge >= 0.3 is 5.69 Å². The number of anilines is 1. The molecule has 0 atom stereocenters. The molecule has 0 aliphatic carbocycles. The van der Waals surface area contributed by atoms with E-state index in [1.807, 2.05) is 49.4 Å². The van der Waals surface area contributed by atoms with Crippen LogP contribution < -0.4 is 16.7 Å². The fourth-order valence-electron chi connectivity index (χ4n) is 2.67. The Kier molecular flexibility index (Phi) is 6.13. The molecule has 0 aliphatic rings. The molecule has 29 heavy (non-hydrogen) atoms. The first kappa shape index (κ1) is 20.3. The summed E-state index contributed by atoms with van der Waals surface area (Å²) in [6.45, 7) is 3.87. The quantitative estimate of drug-likeness (QED) is 0.480. The van der Waals surface area contributed by atoms with E-state index in [2.05, 4.69) is 20.5 Å². The Bertz CT molecular complexity index is 1230. The second-order valence-corrected chi connectivity index (χ2v) is 7.03. The number of hydrazone groups is 1. The third-order valence-corrected chi connectivity index (χ3v) is 4.37. The summed E-state index contributed by atoms with van der Waals surface area (Å²) in [5.41, 5.74) is 4.11. The number of hydrogen-bond acceptors (Lipinski definition) is 5. The Morgan fingerprint density at radius 1 is 1.28 bits per heavy atom. The van der Waals surface area contributed by atoms with Gasteiger partial charge in [-0.25, -0.2) is 10.2 Å². The number of aryl methyl sites for hydroxylation is 1. The summed E-state index contributed by atoms with van der Waals surface area (Å²) in [5, 5.41) is 4.89. The molecule has 0 saturated carbocycles. The monoisotopic (exact) mass is 412 g/mol. The second-order valence-electron chi connectivity index (χ2n) is 6.44. The molecule has 0 radical (unpaired) electrons. The number of allylic oxidation sites excluding steroid dienone is 3. The summed E-state index contributed by atoms with van der Waals surface area (Å²) in [4.78, 5) is 30.9. The van der Waals surface area contributed by atoms with E-state index in [0.717, 1.165) is 5.56 Å². The topological polar surface area (TPSA) is 97.1 Å². The summed E-state index contributed by atoms with van der Waals surface area (Å²) in [6.07, 6.45) is 5.54. The molecule has 2 heterocycles. The lowest BCUT2D eigenvalue weighted by Crippen LogP contribution is -2.29. The van der Waals surface area contributed by atoms with E-state index in [-0.39, 0.29) is 11.2 Å². The second kappa shape index (κ2) is 8.74. The molecule has 0 amide bonds. The van der Waals surface area contributed by atoms with Crippen molar-refractivity contribution in [2.45, 2.75) is 20.4 Å². The number of rotatable bonds is 6. The predicted molar refractivity (Wildman–Crippen MR) is 117 cm³/mol. The Labute approximate surface area is 171 Å². The van der Waals surface area contributed by atoms with Gasteiger partial charge in [0.1, 0.15) is 0 Å². The van der Waals surface area contributed by atoms with Crippen LogP contribution in [0, 0.1) is 0 Å². The molecule has 1 aromatic carbocycles. The van der Waals surface area contributed by atoms with E-state index in [4.69, 9.17) is 11.6 Å². The molecular weight excluding hydrogens is 392 g/mol. The van der Waals surface area contributed by atoms with Gasteiger partial charge in [0.05, 0.1) is 5.71 Å². The number of halogens is 1. The molecule has 3 aromatic rings. The number of H-pyrrole nitrogens is 1. The largest absolute Gasteiger partial charge is 0.329 e. The molecule has 9 heteroatoms. The Morgan fingerprint density at radius 2 is 2.00 bits per heavy atom. The van der Waals surface area contributed by atoms with E-state index < -0.39 is 11.2 Å². The van der Waals surface area contributed by atoms with Crippen molar-refractivity contribution in [3.05, 3.63) is 73.9 Å². The van der Waals surface area contributed by atoms with E-state index >= 15 is 0 Å². The summed E-state index contributed by atoms with van der Waals surface area (Å²) < 4.78 is 2.90. The summed E-state index contributed by atoms with van der Waals surface area (Å²) in [6, 6.07) is 9.85. The maximum Gasteiger partial charge on any atom is 0.329 e. The van der Waals surface area contributed by atoms with Gasteiger partial charge in [-0.1, -0.05) is 54.1 Å². The average molecular weight is 413 g/mol. The number of hydrogen-bond donors (Lipinski definition) is 2. The molecule has 0 saturated heterocycles. The minimum atomic E-state index is -0.534. The van der Waals surface area contributed by atoms with Crippen LogP contribution in [0.4, 0.5) is 5.95 Å². The minimum absolute atomic E-state index is 0.259. The predicted octanol–water partition coefficient (Wildman–Crippen LogP) is 3.07. The van der Waals surface area contributed by atoms with Gasteiger partial charge in [0, 0.05) is 18.6 Å². The molecular formula is C20H21ClN6O2. The van der Waals surface area contributed by atoms with Gasteiger partial charge in [-0.15, -0.1) is 0 Å². The van der Waals surface area contributed by atoms with Crippen molar-refractivity contribution in [1.82, 2.24) is 19.1 Å². The number of aromatic amines is 1. The van der Waals surface area contributed by atoms with Crippen molar-refractivity contribution in [1.29, 1.82) is 0 Å². The van der Waals surface area contributed by atoms with Crippen LogP contribution in [0.5, 0.6) is 0 Å². The molecule has 0 unspecified atom stereocenters. The van der Waals surface area contributed by atoms with Crippen molar-refractivity contribution in [2.24, 2.45) is 12.1 Å². The highest BCUT2D eigenvalue weighted by molar-refractivity contribution is 6.29. The fourth-order valence-corrected chi connectivity index (χ4v) is 2.74. The number of fused-ring (bicyclic) bond motifs is 1. The smallest absolute Gasteiger partial charge is 0.299 e. The lowest BCUT2D eigenvalue weighted by molar-refractivity contribution is 0.818. The molecule has 0 fully saturated rings. The molecule has 3 rings (SSSR count). The minimum Gasteiger partial charge on any atom is -0.299 e. The van der Waals surface area contributed by atoms with Crippen molar-refractivity contribution in [2.75, 3.05) is 5.43 Å². The fraction of sp³-hybridized carbons (Fsp3) is 0.200. The van der Waals surface area contributed by atoms with Gasteiger partial charge < -0.3 is 0 Å². The van der Waals surface area contributed by atoms with Gasteiger partial charge in [-0.05, 0) is 25.5 Å². The van der Waals surface area contributed by atoms with Gasteiger partial charge in [-0.3, -0.25) is 18.9 Å². The highest BCUT2D eigenvalue weighted by Crippen LogP contribution is 2.16. The third kappa shape index (κ3) is 4.72. The van der Waals surface area contributed by atoms with E-state index in [0.29, 0.717) is 23.2 Å². The van der Waals surface area contributed by atoms with Crippen LogP contribution in [0.25, 0.3) is 17.2 Å². The molecule has 8 nitrogen and oxygen atoms in total. The van der Waals surface area contributed by atoms with Crippen LogP contribution in [0.15, 0.2) is 62.2 Å². The Morgan fingerprint density at radius 3 is 2.69 bits per heavy atom. The van der Waals surface area contributed by atoms with Crippen LogP contribution in [-0.4, -0.2) is 24.8 Å². The average Bonchev–Trinajstić information content (AvgIpc) is 3.07. The zero-order valence-electron chi connectivity index (χ0n) is 16.3. The van der Waals surface area contributed by atoms with Gasteiger partial charge in [0.15, 0.2) is 11.2 Å². The van der Waals surface area contributed by atoms with Crippen LogP contribution >= 0.6 is 11.6 Å². The first-order valence-electron chi connectivity index (χ1n) is 8.92. The zero-order valence-corrected chi connectivity index (χ0v) is 17.1. The van der Waals surface area contributed by atoms with Crippen molar-refractivity contribution < 1.29 is 0 Å². The van der Waals surface area contributed by atoms with E-state index in [1.54, 1.807) is 24.6 Å². The van der Waals surface area contributed by atoms with Crippen molar-refractivity contribution in [3.63, 3.8) is 0 Å². The van der Waals surface area contributed by atoms with Gasteiger partial charge in [0.2, 0.25) is 5.95 Å². The molecule has 0 bridgehead atoms. The number of nitrogens with zero attached hydrogens (tertiary/aromatic N) is 4. The molecule has 0 aliphatic heterocycles.